The Balaban J connectivity index is 1.92. The molecule has 2 aromatic carbocycles. The number of amides is 1. The zero-order chi connectivity index (χ0) is 24.6. The Kier molecular flexibility index (Phi) is 4.46. The van der Waals surface area contributed by atoms with E-state index in [4.69, 9.17) is 5.73 Å². The number of rotatable bonds is 1. The molecule has 3 aliphatic rings. The number of carbonyl (C=O) groups excluding carboxylic acids is 2. The van der Waals surface area contributed by atoms with Gasteiger partial charge in [-0.15, -0.1) is 0 Å². The topological polar surface area (TPSA) is 99.2 Å². The number of halogens is 3. The maximum Gasteiger partial charge on any atom is 0.245 e. The smallest absolute Gasteiger partial charge is 0.245 e. The molecule has 9 heteroatoms. The first-order valence-electron chi connectivity index (χ1n) is 10.5. The first-order chi connectivity index (χ1) is 16.0. The Labute approximate surface area is 193 Å². The summed E-state index contributed by atoms with van der Waals surface area (Å²) < 4.78 is 43.0. The van der Waals surface area contributed by atoms with Crippen LogP contribution in [0.25, 0.3) is 0 Å². The van der Waals surface area contributed by atoms with Gasteiger partial charge in [0.25, 0.3) is 0 Å². The molecule has 34 heavy (non-hydrogen) atoms. The number of allylic oxidation sites excluding steroid dienone is 1. The van der Waals surface area contributed by atoms with E-state index in [0.717, 1.165) is 24.3 Å². The van der Waals surface area contributed by atoms with Crippen LogP contribution in [0.1, 0.15) is 32.3 Å². The molecule has 2 aromatic rings. The number of benzene rings is 2. The minimum Gasteiger partial charge on any atom is -0.384 e. The Morgan fingerprint density at radius 3 is 2.41 bits per heavy atom. The van der Waals surface area contributed by atoms with Crippen LogP contribution in [0.5, 0.6) is 0 Å². The largest absolute Gasteiger partial charge is 0.384 e. The average Bonchev–Trinajstić information content (AvgIpc) is 3.00. The Morgan fingerprint density at radius 2 is 1.74 bits per heavy atom. The zero-order valence-corrected chi connectivity index (χ0v) is 18.3. The van der Waals surface area contributed by atoms with Crippen molar-refractivity contribution >= 4 is 23.1 Å². The van der Waals surface area contributed by atoms with Crippen molar-refractivity contribution in [2.45, 2.75) is 32.1 Å². The fraction of sp³-hybridized carbons (Fsp3) is 0.240. The molecule has 0 bridgehead atoms. The molecule has 1 atom stereocenters. The lowest BCUT2D eigenvalue weighted by Crippen LogP contribution is -2.52. The lowest BCUT2D eigenvalue weighted by Gasteiger charge is -2.46. The minimum atomic E-state index is -1.98. The van der Waals surface area contributed by atoms with Gasteiger partial charge >= 0.3 is 0 Å². The summed E-state index contributed by atoms with van der Waals surface area (Å²) in [6.07, 6.45) is 0.244. The van der Waals surface area contributed by atoms with E-state index in [2.05, 4.69) is 5.32 Å². The standard InChI is InChI=1S/C25H19F3N4O2/c1-24(2)9-19-21(20(33)10-24)25(14-7-12(26)3-5-17(14)31-23(25)34)15(11-29)22(30)32(19)18-6-4-13(27)8-16(18)28/h3-8H,9-10,30H2,1-2H3,(H,31,34)/t25-/m0/s1. The highest BCUT2D eigenvalue weighted by atomic mass is 19.1. The van der Waals surface area contributed by atoms with Crippen LogP contribution in [0, 0.1) is 34.2 Å². The molecule has 172 valence electrons. The summed E-state index contributed by atoms with van der Waals surface area (Å²) in [7, 11) is 0. The van der Waals surface area contributed by atoms with Crippen LogP contribution in [0.4, 0.5) is 24.5 Å². The molecule has 0 aromatic heterocycles. The van der Waals surface area contributed by atoms with Crippen molar-refractivity contribution < 1.29 is 22.8 Å². The first-order valence-corrected chi connectivity index (χ1v) is 10.5. The number of nitriles is 1. The number of ketones is 1. The molecule has 1 aliphatic carbocycles. The van der Waals surface area contributed by atoms with Crippen molar-refractivity contribution in [3.05, 3.63) is 82.1 Å². The van der Waals surface area contributed by atoms with Gasteiger partial charge < -0.3 is 11.1 Å². The van der Waals surface area contributed by atoms with Crippen molar-refractivity contribution in [3.63, 3.8) is 0 Å². The molecule has 5 rings (SSSR count). The third-order valence-corrected chi connectivity index (χ3v) is 6.61. The summed E-state index contributed by atoms with van der Waals surface area (Å²) in [5, 5.41) is 12.8. The molecule has 0 fully saturated rings. The van der Waals surface area contributed by atoms with E-state index in [0.29, 0.717) is 6.07 Å². The van der Waals surface area contributed by atoms with Gasteiger partial charge in [0.2, 0.25) is 5.91 Å². The van der Waals surface area contributed by atoms with Crippen molar-refractivity contribution in [3.8, 4) is 6.07 Å². The Hall–Kier alpha value is -4.06. The summed E-state index contributed by atoms with van der Waals surface area (Å²) >= 11 is 0. The van der Waals surface area contributed by atoms with Crippen molar-refractivity contribution in [1.82, 2.24) is 0 Å². The molecule has 0 unspecified atom stereocenters. The van der Waals surface area contributed by atoms with E-state index >= 15 is 0 Å². The van der Waals surface area contributed by atoms with Gasteiger partial charge in [0, 0.05) is 35.0 Å². The van der Waals surface area contributed by atoms with Gasteiger partial charge in [-0.1, -0.05) is 13.8 Å². The highest BCUT2D eigenvalue weighted by molar-refractivity contribution is 6.20. The highest BCUT2D eigenvalue weighted by Gasteiger charge is 2.61. The quantitative estimate of drug-likeness (QED) is 0.661. The number of hydrogen-bond acceptors (Lipinski definition) is 5. The number of carbonyl (C=O) groups is 2. The molecule has 3 N–H and O–H groups in total. The van der Waals surface area contributed by atoms with Crippen LogP contribution >= 0.6 is 0 Å². The van der Waals surface area contributed by atoms with Gasteiger partial charge in [-0.05, 0) is 42.2 Å². The minimum absolute atomic E-state index is 0.0455. The molecule has 0 saturated carbocycles. The SMILES string of the molecule is CC1(C)CC(=O)C2=C(C1)N(c1ccc(F)cc1F)C(N)=C(C#N)[C@]21C(=O)Nc2ccc(F)cc21. The number of hydrogen-bond donors (Lipinski definition) is 2. The monoisotopic (exact) mass is 464 g/mol. The van der Waals surface area contributed by atoms with E-state index in [1.807, 2.05) is 19.9 Å². The lowest BCUT2D eigenvalue weighted by atomic mass is 9.60. The summed E-state index contributed by atoms with van der Waals surface area (Å²) in [5.41, 5.74) is 3.87. The zero-order valence-electron chi connectivity index (χ0n) is 18.3. The van der Waals surface area contributed by atoms with E-state index in [9.17, 15) is 28.0 Å². The van der Waals surface area contributed by atoms with Crippen molar-refractivity contribution in [2.24, 2.45) is 11.1 Å². The molecule has 6 nitrogen and oxygen atoms in total. The van der Waals surface area contributed by atoms with Gasteiger partial charge in [-0.2, -0.15) is 5.26 Å². The molecule has 2 aliphatic heterocycles. The van der Waals surface area contributed by atoms with Gasteiger partial charge in [0.1, 0.15) is 34.8 Å². The lowest BCUT2D eigenvalue weighted by molar-refractivity contribution is -0.123. The molecular formula is C25H19F3N4O2. The normalized spacial score (nSPS) is 23.1. The second-order valence-corrected chi connectivity index (χ2v) is 9.46. The second-order valence-electron chi connectivity index (χ2n) is 9.46. The van der Waals surface area contributed by atoms with Gasteiger partial charge in [0.05, 0.1) is 11.3 Å². The maximum absolute atomic E-state index is 14.9. The van der Waals surface area contributed by atoms with Crippen LogP contribution in [-0.4, -0.2) is 11.7 Å². The Morgan fingerprint density at radius 1 is 1.06 bits per heavy atom. The van der Waals surface area contributed by atoms with Gasteiger partial charge in [-0.25, -0.2) is 13.2 Å². The van der Waals surface area contributed by atoms with Crippen LogP contribution < -0.4 is 16.0 Å². The second kappa shape index (κ2) is 6.97. The molecule has 1 spiro atoms. The van der Waals surface area contributed by atoms with Crippen LogP contribution in [0.3, 0.4) is 0 Å². The average molecular weight is 464 g/mol. The van der Waals surface area contributed by atoms with Crippen LogP contribution in [0.15, 0.2) is 59.1 Å². The van der Waals surface area contributed by atoms with Crippen molar-refractivity contribution in [1.29, 1.82) is 5.26 Å². The predicted octanol–water partition coefficient (Wildman–Crippen LogP) is 4.15. The number of nitrogens with zero attached hydrogens (tertiary/aromatic N) is 2. The molecule has 0 radical (unpaired) electrons. The Bertz CT molecular complexity index is 1420. The molecule has 0 saturated heterocycles. The molecule has 2 heterocycles. The van der Waals surface area contributed by atoms with Gasteiger partial charge in [0.15, 0.2) is 5.78 Å². The summed E-state index contributed by atoms with van der Waals surface area (Å²) in [6, 6.07) is 8.39. The number of anilines is 2. The fourth-order valence-corrected chi connectivity index (χ4v) is 5.33. The fourth-order valence-electron chi connectivity index (χ4n) is 5.33. The maximum atomic E-state index is 14.9. The number of nitrogens with two attached hydrogens (primary N) is 1. The third-order valence-electron chi connectivity index (χ3n) is 6.61. The number of nitrogens with one attached hydrogen (secondary N) is 1. The third kappa shape index (κ3) is 2.75. The predicted molar refractivity (Wildman–Crippen MR) is 117 cm³/mol. The number of Topliss-reactive ketones (excluding diaryl/α,β-unsaturated/α-hetero) is 1. The van der Waals surface area contributed by atoms with Gasteiger partial charge in [-0.3, -0.25) is 14.5 Å². The molecule has 1 amide bonds. The summed E-state index contributed by atoms with van der Waals surface area (Å²) in [4.78, 5) is 28.4. The summed E-state index contributed by atoms with van der Waals surface area (Å²) in [5.74, 6) is -3.88. The van der Waals surface area contributed by atoms with Crippen molar-refractivity contribution in [2.75, 3.05) is 10.2 Å². The van der Waals surface area contributed by atoms with E-state index < -0.39 is 40.0 Å². The van der Waals surface area contributed by atoms with E-state index in [-0.39, 0.29) is 52.4 Å². The van der Waals surface area contributed by atoms with E-state index in [1.165, 1.54) is 11.0 Å². The summed E-state index contributed by atoms with van der Waals surface area (Å²) in [6.45, 7) is 3.67. The van der Waals surface area contributed by atoms with Crippen LogP contribution in [0.2, 0.25) is 0 Å². The van der Waals surface area contributed by atoms with E-state index in [1.54, 1.807) is 0 Å². The highest BCUT2D eigenvalue weighted by Crippen LogP contribution is 2.57. The van der Waals surface area contributed by atoms with Crippen LogP contribution in [-0.2, 0) is 15.0 Å². The number of fused-ring (bicyclic) bond motifs is 3. The first kappa shape index (κ1) is 21.8. The molecular weight excluding hydrogens is 445 g/mol.